The monoisotopic (exact) mass is 441 g/mol. The van der Waals surface area contributed by atoms with Crippen molar-refractivity contribution in [2.45, 2.75) is 39.5 Å². The van der Waals surface area contributed by atoms with Gasteiger partial charge in [0.05, 0.1) is 10.5 Å². The molecule has 0 atom stereocenters. The second-order valence-electron chi connectivity index (χ2n) is 7.98. The van der Waals surface area contributed by atoms with Crippen LogP contribution in [0, 0.1) is 34.6 Å². The highest BCUT2D eigenvalue weighted by molar-refractivity contribution is 7.89. The second kappa shape index (κ2) is 8.05. The maximum Gasteiger partial charge on any atom is 0.251 e. The third-order valence-electron chi connectivity index (χ3n) is 5.98. The number of aryl methyl sites for hydroxylation is 3. The average molecular weight is 442 g/mol. The summed E-state index contributed by atoms with van der Waals surface area (Å²) in [6.07, 6.45) is 1.72. The summed E-state index contributed by atoms with van der Waals surface area (Å²) >= 11 is 0. The molecule has 0 bridgehead atoms. The lowest BCUT2D eigenvalue weighted by atomic mass is 10.0. The molecule has 0 saturated carbocycles. The predicted octanol–water partition coefficient (Wildman–Crippen LogP) is 3.18. The van der Waals surface area contributed by atoms with Crippen LogP contribution in [-0.4, -0.2) is 54.1 Å². The summed E-state index contributed by atoms with van der Waals surface area (Å²) in [6.45, 7) is 11.3. The summed E-state index contributed by atoms with van der Waals surface area (Å²) in [5.74, 6) is 1.62. The van der Waals surface area contributed by atoms with Gasteiger partial charge < -0.3 is 9.32 Å². The SMILES string of the molecule is Cc1nnc(-c2cccnc2N2CCN(S(=O)(=O)c3c(C)c(C)cc(C)c3C)CC2)o1. The van der Waals surface area contributed by atoms with Crippen molar-refractivity contribution in [3.05, 3.63) is 52.5 Å². The van der Waals surface area contributed by atoms with Crippen LogP contribution in [0.15, 0.2) is 33.7 Å². The maximum absolute atomic E-state index is 13.5. The van der Waals surface area contributed by atoms with E-state index in [4.69, 9.17) is 4.42 Å². The van der Waals surface area contributed by atoms with Gasteiger partial charge in [-0.1, -0.05) is 6.07 Å². The maximum atomic E-state index is 13.5. The molecule has 0 spiro atoms. The Morgan fingerprint density at radius 1 is 0.935 bits per heavy atom. The van der Waals surface area contributed by atoms with E-state index < -0.39 is 10.0 Å². The lowest BCUT2D eigenvalue weighted by Gasteiger charge is -2.35. The van der Waals surface area contributed by atoms with Gasteiger partial charge in [-0.2, -0.15) is 4.31 Å². The van der Waals surface area contributed by atoms with Crippen LogP contribution < -0.4 is 4.90 Å². The van der Waals surface area contributed by atoms with Crippen LogP contribution in [0.5, 0.6) is 0 Å². The third kappa shape index (κ3) is 3.83. The van der Waals surface area contributed by atoms with Gasteiger partial charge in [0.15, 0.2) is 0 Å². The molecule has 0 unspecified atom stereocenters. The van der Waals surface area contributed by atoms with Crippen molar-refractivity contribution in [2.75, 3.05) is 31.1 Å². The molecule has 31 heavy (non-hydrogen) atoms. The van der Waals surface area contributed by atoms with Gasteiger partial charge in [-0.25, -0.2) is 13.4 Å². The van der Waals surface area contributed by atoms with E-state index in [9.17, 15) is 8.42 Å². The minimum Gasteiger partial charge on any atom is -0.421 e. The molecule has 1 aliphatic heterocycles. The zero-order chi connectivity index (χ0) is 22.3. The number of pyridine rings is 1. The first-order valence-electron chi connectivity index (χ1n) is 10.3. The average Bonchev–Trinajstić information content (AvgIpc) is 3.18. The summed E-state index contributed by atoms with van der Waals surface area (Å²) in [5.41, 5.74) is 4.38. The third-order valence-corrected chi connectivity index (χ3v) is 8.15. The molecule has 1 saturated heterocycles. The zero-order valence-electron chi connectivity index (χ0n) is 18.5. The van der Waals surface area contributed by atoms with Crippen LogP contribution >= 0.6 is 0 Å². The van der Waals surface area contributed by atoms with Crippen LogP contribution in [-0.2, 0) is 10.0 Å². The Morgan fingerprint density at radius 3 is 2.16 bits per heavy atom. The summed E-state index contributed by atoms with van der Waals surface area (Å²) in [6, 6.07) is 5.76. The number of hydrogen-bond donors (Lipinski definition) is 0. The van der Waals surface area contributed by atoms with E-state index in [0.29, 0.717) is 42.9 Å². The fourth-order valence-electron chi connectivity index (χ4n) is 4.06. The first-order chi connectivity index (χ1) is 14.7. The number of anilines is 1. The Hall–Kier alpha value is -2.78. The summed E-state index contributed by atoms with van der Waals surface area (Å²) < 4.78 is 34.2. The Balaban J connectivity index is 1.60. The lowest BCUT2D eigenvalue weighted by Crippen LogP contribution is -2.49. The Bertz CT molecular complexity index is 1200. The smallest absolute Gasteiger partial charge is 0.251 e. The van der Waals surface area contributed by atoms with Crippen LogP contribution in [0.4, 0.5) is 5.82 Å². The van der Waals surface area contributed by atoms with Gasteiger partial charge in [0.25, 0.3) is 5.89 Å². The molecule has 1 fully saturated rings. The van der Waals surface area contributed by atoms with E-state index in [1.165, 1.54) is 0 Å². The van der Waals surface area contributed by atoms with E-state index in [-0.39, 0.29) is 0 Å². The van der Waals surface area contributed by atoms with Crippen LogP contribution in [0.1, 0.15) is 28.1 Å². The fourth-order valence-corrected chi connectivity index (χ4v) is 6.06. The normalized spacial score (nSPS) is 15.5. The Morgan fingerprint density at radius 2 is 1.58 bits per heavy atom. The van der Waals surface area contributed by atoms with Gasteiger partial charge in [0.1, 0.15) is 5.82 Å². The summed E-state index contributed by atoms with van der Waals surface area (Å²) in [4.78, 5) is 7.03. The molecule has 0 amide bonds. The number of rotatable bonds is 4. The van der Waals surface area contributed by atoms with Gasteiger partial charge >= 0.3 is 0 Å². The van der Waals surface area contributed by atoms with Crippen molar-refractivity contribution in [3.8, 4) is 11.5 Å². The molecule has 9 heteroatoms. The van der Waals surface area contributed by atoms with Crippen molar-refractivity contribution in [1.29, 1.82) is 0 Å². The van der Waals surface area contributed by atoms with Gasteiger partial charge in [-0.3, -0.25) is 0 Å². The molecular weight excluding hydrogens is 414 g/mol. The first-order valence-corrected chi connectivity index (χ1v) is 11.7. The van der Waals surface area contributed by atoms with E-state index in [0.717, 1.165) is 33.6 Å². The van der Waals surface area contributed by atoms with Gasteiger partial charge in [0, 0.05) is 39.3 Å². The van der Waals surface area contributed by atoms with Gasteiger partial charge in [-0.15, -0.1) is 10.2 Å². The molecule has 164 valence electrons. The van der Waals surface area contributed by atoms with Crippen LogP contribution in [0.25, 0.3) is 11.5 Å². The quantitative estimate of drug-likeness (QED) is 0.614. The number of nitrogens with zero attached hydrogens (tertiary/aromatic N) is 5. The van der Waals surface area contributed by atoms with Crippen molar-refractivity contribution < 1.29 is 12.8 Å². The Kier molecular flexibility index (Phi) is 5.57. The molecule has 1 aliphatic rings. The van der Waals surface area contributed by atoms with Crippen molar-refractivity contribution in [1.82, 2.24) is 19.5 Å². The van der Waals surface area contributed by atoms with Crippen LogP contribution in [0.3, 0.4) is 0 Å². The fraction of sp³-hybridized carbons (Fsp3) is 0.409. The van der Waals surface area contributed by atoms with Crippen LogP contribution in [0.2, 0.25) is 0 Å². The number of aromatic nitrogens is 3. The zero-order valence-corrected chi connectivity index (χ0v) is 19.3. The minimum atomic E-state index is -3.59. The molecule has 8 nitrogen and oxygen atoms in total. The second-order valence-corrected chi connectivity index (χ2v) is 9.86. The first kappa shape index (κ1) is 21.5. The number of benzene rings is 1. The van der Waals surface area contributed by atoms with Crippen molar-refractivity contribution in [2.24, 2.45) is 0 Å². The molecular formula is C22H27N5O3S. The van der Waals surface area contributed by atoms with Crippen molar-refractivity contribution in [3.63, 3.8) is 0 Å². The molecule has 0 N–H and O–H groups in total. The van der Waals surface area contributed by atoms with Gasteiger partial charge in [0.2, 0.25) is 15.9 Å². The number of piperazine rings is 1. The lowest BCUT2D eigenvalue weighted by molar-refractivity contribution is 0.383. The number of hydrogen-bond acceptors (Lipinski definition) is 7. The highest BCUT2D eigenvalue weighted by Gasteiger charge is 2.32. The molecule has 0 radical (unpaired) electrons. The molecule has 3 aromatic rings. The standard InChI is InChI=1S/C22H27N5O3S/c1-14-13-15(2)17(4)20(16(14)3)31(28,29)27-11-9-26(10-12-27)21-19(7-6-8-23-21)22-25-24-18(5)30-22/h6-8,13H,9-12H2,1-5H3. The van der Waals surface area contributed by atoms with E-state index in [1.54, 1.807) is 17.4 Å². The summed E-state index contributed by atoms with van der Waals surface area (Å²) in [5, 5.41) is 8.02. The van der Waals surface area contributed by atoms with E-state index in [2.05, 4.69) is 20.1 Å². The van der Waals surface area contributed by atoms with Crippen molar-refractivity contribution >= 4 is 15.8 Å². The van der Waals surface area contributed by atoms with E-state index in [1.807, 2.05) is 45.9 Å². The Labute approximate surface area is 183 Å². The topological polar surface area (TPSA) is 92.4 Å². The largest absolute Gasteiger partial charge is 0.421 e. The predicted molar refractivity (Wildman–Crippen MR) is 119 cm³/mol. The molecule has 2 aromatic heterocycles. The molecule has 1 aromatic carbocycles. The molecule has 4 rings (SSSR count). The summed E-state index contributed by atoms with van der Waals surface area (Å²) in [7, 11) is -3.59. The number of sulfonamides is 1. The molecule has 3 heterocycles. The van der Waals surface area contributed by atoms with E-state index >= 15 is 0 Å². The minimum absolute atomic E-state index is 0.382. The highest BCUT2D eigenvalue weighted by atomic mass is 32.2. The molecule has 0 aliphatic carbocycles. The van der Waals surface area contributed by atoms with Gasteiger partial charge in [-0.05, 0) is 62.1 Å². The highest BCUT2D eigenvalue weighted by Crippen LogP contribution is 2.31.